The molecule has 0 saturated carbocycles. The molecule has 136 valence electrons. The summed E-state index contributed by atoms with van der Waals surface area (Å²) in [6.07, 6.45) is 0.265. The first-order valence-electron chi connectivity index (χ1n) is 8.06. The van der Waals surface area contributed by atoms with Crippen molar-refractivity contribution in [2.45, 2.75) is 32.7 Å². The van der Waals surface area contributed by atoms with Crippen molar-refractivity contribution in [2.24, 2.45) is 0 Å². The number of rotatable bonds is 5. The quantitative estimate of drug-likeness (QED) is 0.715. The SMILES string of the molecule is CCC(C)(NC(=O)c1cc2c(C)nn(-c3ccc(F)cc3)c2s1)C(=O)O. The first kappa shape index (κ1) is 18.1. The minimum atomic E-state index is -1.33. The third-order valence-corrected chi connectivity index (χ3v) is 5.52. The molecule has 2 N–H and O–H groups in total. The number of carbonyl (C=O) groups is 2. The second kappa shape index (κ2) is 6.53. The minimum absolute atomic E-state index is 0.265. The van der Waals surface area contributed by atoms with Gasteiger partial charge in [0.25, 0.3) is 5.91 Å². The van der Waals surface area contributed by atoms with Crippen LogP contribution in [-0.2, 0) is 4.79 Å². The Kier molecular flexibility index (Phi) is 4.53. The summed E-state index contributed by atoms with van der Waals surface area (Å²) in [5, 5.41) is 17.2. The molecule has 3 rings (SSSR count). The predicted octanol–water partition coefficient (Wildman–Crippen LogP) is 3.52. The van der Waals surface area contributed by atoms with Crippen LogP contribution in [0.2, 0.25) is 0 Å². The highest BCUT2D eigenvalue weighted by Gasteiger charge is 2.33. The number of fused-ring (bicyclic) bond motifs is 1. The van der Waals surface area contributed by atoms with Gasteiger partial charge in [-0.25, -0.2) is 13.9 Å². The number of hydrogen-bond donors (Lipinski definition) is 2. The van der Waals surface area contributed by atoms with Crippen LogP contribution in [0.25, 0.3) is 15.9 Å². The molecule has 1 amide bonds. The van der Waals surface area contributed by atoms with Gasteiger partial charge in [0, 0.05) is 5.39 Å². The van der Waals surface area contributed by atoms with E-state index >= 15 is 0 Å². The van der Waals surface area contributed by atoms with Gasteiger partial charge in [-0.15, -0.1) is 11.3 Å². The van der Waals surface area contributed by atoms with Crippen molar-refractivity contribution in [1.29, 1.82) is 0 Å². The molecule has 3 aromatic rings. The summed E-state index contributed by atoms with van der Waals surface area (Å²) in [6.45, 7) is 5.01. The Labute approximate surface area is 153 Å². The molecule has 1 aromatic carbocycles. The summed E-state index contributed by atoms with van der Waals surface area (Å²) in [4.78, 5) is 25.1. The first-order valence-corrected chi connectivity index (χ1v) is 8.88. The molecule has 26 heavy (non-hydrogen) atoms. The number of aryl methyl sites for hydroxylation is 1. The van der Waals surface area contributed by atoms with Crippen LogP contribution in [0.5, 0.6) is 0 Å². The maximum absolute atomic E-state index is 13.2. The molecule has 0 fully saturated rings. The van der Waals surface area contributed by atoms with Crippen LogP contribution < -0.4 is 5.32 Å². The van der Waals surface area contributed by atoms with E-state index in [-0.39, 0.29) is 12.2 Å². The third-order valence-electron chi connectivity index (χ3n) is 4.41. The Morgan fingerprint density at radius 2 is 2.00 bits per heavy atom. The lowest BCUT2D eigenvalue weighted by molar-refractivity contribution is -0.143. The second-order valence-corrected chi connectivity index (χ2v) is 7.28. The zero-order valence-corrected chi connectivity index (χ0v) is 15.4. The topological polar surface area (TPSA) is 84.2 Å². The molecule has 0 aliphatic carbocycles. The number of aliphatic carboxylic acids is 1. The van der Waals surface area contributed by atoms with Crippen LogP contribution >= 0.6 is 11.3 Å². The van der Waals surface area contributed by atoms with E-state index in [0.717, 1.165) is 15.9 Å². The fourth-order valence-electron chi connectivity index (χ4n) is 2.52. The van der Waals surface area contributed by atoms with E-state index in [1.165, 1.54) is 30.4 Å². The number of carboxylic acids is 1. The summed E-state index contributed by atoms with van der Waals surface area (Å²) < 4.78 is 14.8. The normalized spacial score (nSPS) is 13.5. The maximum atomic E-state index is 13.2. The Bertz CT molecular complexity index is 993. The van der Waals surface area contributed by atoms with Gasteiger partial charge in [-0.2, -0.15) is 5.10 Å². The van der Waals surface area contributed by atoms with Gasteiger partial charge in [0.05, 0.1) is 16.3 Å². The molecule has 6 nitrogen and oxygen atoms in total. The number of thiophene rings is 1. The van der Waals surface area contributed by atoms with Crippen LogP contribution in [0.1, 0.15) is 35.6 Å². The average molecular weight is 375 g/mol. The monoisotopic (exact) mass is 375 g/mol. The number of halogens is 1. The van der Waals surface area contributed by atoms with Crippen molar-refractivity contribution in [3.05, 3.63) is 46.7 Å². The van der Waals surface area contributed by atoms with Gasteiger partial charge in [0.1, 0.15) is 16.2 Å². The maximum Gasteiger partial charge on any atom is 0.329 e. The average Bonchev–Trinajstić information content (AvgIpc) is 3.16. The largest absolute Gasteiger partial charge is 0.480 e. The van der Waals surface area contributed by atoms with Crippen molar-refractivity contribution in [1.82, 2.24) is 15.1 Å². The van der Waals surface area contributed by atoms with Crippen molar-refractivity contribution in [2.75, 3.05) is 0 Å². The number of hydrogen-bond acceptors (Lipinski definition) is 4. The minimum Gasteiger partial charge on any atom is -0.480 e. The van der Waals surface area contributed by atoms with Crippen LogP contribution in [0.15, 0.2) is 30.3 Å². The molecular formula is C18H18FN3O3S. The molecule has 1 atom stereocenters. The number of carbonyl (C=O) groups excluding carboxylic acids is 1. The van der Waals surface area contributed by atoms with Crippen molar-refractivity contribution in [3.63, 3.8) is 0 Å². The molecule has 0 aliphatic heterocycles. The Morgan fingerprint density at radius 3 is 2.58 bits per heavy atom. The predicted molar refractivity (Wildman–Crippen MR) is 97.4 cm³/mol. The highest BCUT2D eigenvalue weighted by atomic mass is 32.1. The van der Waals surface area contributed by atoms with Crippen molar-refractivity contribution >= 4 is 33.4 Å². The van der Waals surface area contributed by atoms with Gasteiger partial charge >= 0.3 is 5.97 Å². The van der Waals surface area contributed by atoms with E-state index in [1.807, 2.05) is 6.92 Å². The summed E-state index contributed by atoms with van der Waals surface area (Å²) >= 11 is 1.22. The number of aromatic nitrogens is 2. The lowest BCUT2D eigenvalue weighted by Crippen LogP contribution is -2.51. The summed E-state index contributed by atoms with van der Waals surface area (Å²) in [5.74, 6) is -1.86. The van der Waals surface area contributed by atoms with Gasteiger partial charge in [-0.05, 0) is 50.6 Å². The van der Waals surface area contributed by atoms with Crippen LogP contribution in [0.4, 0.5) is 4.39 Å². The zero-order chi connectivity index (χ0) is 19.1. The number of carboxylic acid groups (broad SMARTS) is 1. The second-order valence-electron chi connectivity index (χ2n) is 6.25. The van der Waals surface area contributed by atoms with Gasteiger partial charge < -0.3 is 10.4 Å². The van der Waals surface area contributed by atoms with E-state index in [1.54, 1.807) is 29.8 Å². The van der Waals surface area contributed by atoms with Crippen molar-refractivity contribution < 1.29 is 19.1 Å². The summed E-state index contributed by atoms with van der Waals surface area (Å²) in [7, 11) is 0. The zero-order valence-electron chi connectivity index (χ0n) is 14.5. The fraction of sp³-hybridized carbons (Fsp3) is 0.278. The number of benzene rings is 1. The van der Waals surface area contributed by atoms with Gasteiger partial charge in [0.2, 0.25) is 0 Å². The van der Waals surface area contributed by atoms with E-state index in [2.05, 4.69) is 10.4 Å². The molecular weight excluding hydrogens is 357 g/mol. The molecule has 2 aromatic heterocycles. The lowest BCUT2D eigenvalue weighted by atomic mass is 9.99. The standard InChI is InChI=1S/C18H18FN3O3S/c1-4-18(3,17(24)25)20-15(23)14-9-13-10(2)21-22(16(13)26-14)12-7-5-11(19)6-8-12/h5-9H,4H2,1-3H3,(H,20,23)(H,24,25). The summed E-state index contributed by atoms with van der Waals surface area (Å²) in [6, 6.07) is 7.62. The first-order chi connectivity index (χ1) is 12.2. The molecule has 0 aliphatic rings. The van der Waals surface area contributed by atoms with E-state index < -0.39 is 17.4 Å². The Hall–Kier alpha value is -2.74. The molecule has 0 radical (unpaired) electrons. The Morgan fingerprint density at radius 1 is 1.35 bits per heavy atom. The van der Waals surface area contributed by atoms with Crippen LogP contribution in [0, 0.1) is 12.7 Å². The van der Waals surface area contributed by atoms with E-state index in [9.17, 15) is 19.1 Å². The van der Waals surface area contributed by atoms with E-state index in [0.29, 0.717) is 10.6 Å². The van der Waals surface area contributed by atoms with Crippen LogP contribution in [-0.4, -0.2) is 32.3 Å². The number of nitrogens with one attached hydrogen (secondary N) is 1. The molecule has 2 heterocycles. The molecule has 8 heteroatoms. The smallest absolute Gasteiger partial charge is 0.329 e. The Balaban J connectivity index is 1.99. The summed E-state index contributed by atoms with van der Waals surface area (Å²) in [5.41, 5.74) is 0.0871. The number of nitrogens with zero attached hydrogens (tertiary/aromatic N) is 2. The third kappa shape index (κ3) is 3.08. The highest BCUT2D eigenvalue weighted by Crippen LogP contribution is 2.30. The molecule has 0 saturated heterocycles. The number of amides is 1. The molecule has 0 spiro atoms. The lowest BCUT2D eigenvalue weighted by Gasteiger charge is -2.24. The van der Waals surface area contributed by atoms with Crippen molar-refractivity contribution in [3.8, 4) is 5.69 Å². The fourth-order valence-corrected chi connectivity index (χ4v) is 3.60. The van der Waals surface area contributed by atoms with Gasteiger partial charge in [-0.1, -0.05) is 6.92 Å². The van der Waals surface area contributed by atoms with Gasteiger partial charge in [-0.3, -0.25) is 4.79 Å². The van der Waals surface area contributed by atoms with Crippen LogP contribution in [0.3, 0.4) is 0 Å². The van der Waals surface area contributed by atoms with E-state index in [4.69, 9.17) is 0 Å². The molecule has 1 unspecified atom stereocenters. The van der Waals surface area contributed by atoms with Gasteiger partial charge in [0.15, 0.2) is 0 Å². The highest BCUT2D eigenvalue weighted by molar-refractivity contribution is 7.20. The molecule has 0 bridgehead atoms.